The average Bonchev–Trinajstić information content (AvgIpc) is 3.78. The van der Waals surface area contributed by atoms with E-state index in [0.717, 1.165) is 29.7 Å². The van der Waals surface area contributed by atoms with Crippen LogP contribution in [0.1, 0.15) is 65.3 Å². The lowest BCUT2D eigenvalue weighted by molar-refractivity contribution is -0.462. The number of alkyl halides is 2. The average molecular weight is 647 g/mol. The number of pyridine rings is 1. The highest BCUT2D eigenvalue weighted by molar-refractivity contribution is 6.35. The second kappa shape index (κ2) is 11.1. The molecule has 11 heteroatoms. The number of carbonyl (C=O) groups excluding carboxylic acids is 1. The summed E-state index contributed by atoms with van der Waals surface area (Å²) in [6.07, 6.45) is 0.495. The smallest absolute Gasteiger partial charge is 0.490 e. The predicted octanol–water partition coefficient (Wildman–Crippen LogP) is 6.76. The Hall–Kier alpha value is -4.54. The van der Waals surface area contributed by atoms with Crippen LogP contribution in [0.15, 0.2) is 66.7 Å². The molecule has 1 atom stereocenters. The van der Waals surface area contributed by atoms with E-state index < -0.39 is 17.8 Å². The summed E-state index contributed by atoms with van der Waals surface area (Å²) in [6.45, 7) is 3.44. The molecular weight excluding hydrogens is 616 g/mol. The van der Waals surface area contributed by atoms with Crippen molar-refractivity contribution in [3.63, 3.8) is 0 Å². The first kappa shape index (κ1) is 30.1. The summed E-state index contributed by atoms with van der Waals surface area (Å²) in [4.78, 5) is 18.5. The van der Waals surface area contributed by atoms with Gasteiger partial charge in [-0.15, -0.1) is 8.78 Å². The van der Waals surface area contributed by atoms with Crippen LogP contribution in [0.2, 0.25) is 5.02 Å². The lowest BCUT2D eigenvalue weighted by Crippen LogP contribution is -2.30. The Bertz CT molecular complexity index is 1900. The predicted molar refractivity (Wildman–Crippen MR) is 168 cm³/mol. The number of hydrogen-bond acceptors (Lipinski definition) is 6. The lowest BCUT2D eigenvalue weighted by atomic mass is 9.90. The topological polar surface area (TPSA) is 92.9 Å². The first-order valence-electron chi connectivity index (χ1n) is 14.9. The molecule has 0 bridgehead atoms. The van der Waals surface area contributed by atoms with E-state index >= 15 is 0 Å². The molecule has 3 aromatic carbocycles. The highest BCUT2D eigenvalue weighted by Crippen LogP contribution is 2.49. The maximum absolute atomic E-state index is 13.8. The molecular formula is C35H31ClF2N3O5+. The van der Waals surface area contributed by atoms with Crippen LogP contribution < -0.4 is 19.5 Å². The highest BCUT2D eigenvalue weighted by Gasteiger charge is 2.45. The molecule has 8 nitrogen and oxygen atoms in total. The summed E-state index contributed by atoms with van der Waals surface area (Å²) in [5, 5.41) is 14.0. The number of fused-ring (bicyclic) bond motifs is 2. The molecule has 0 radical (unpaired) electrons. The van der Waals surface area contributed by atoms with Crippen LogP contribution >= 0.6 is 11.6 Å². The fourth-order valence-electron chi connectivity index (χ4n) is 5.86. The van der Waals surface area contributed by atoms with Gasteiger partial charge in [0.25, 0.3) is 11.6 Å². The first-order valence-corrected chi connectivity index (χ1v) is 15.3. The third-order valence-electron chi connectivity index (χ3n) is 8.43. The number of methoxy groups -OCH3 is 1. The molecule has 1 fully saturated rings. The van der Waals surface area contributed by atoms with Crippen LogP contribution in [0.5, 0.6) is 17.2 Å². The van der Waals surface area contributed by atoms with E-state index in [1.165, 1.54) is 12.1 Å². The van der Waals surface area contributed by atoms with Crippen molar-refractivity contribution in [3.05, 3.63) is 99.7 Å². The Labute approximate surface area is 269 Å². The third kappa shape index (κ3) is 5.56. The van der Waals surface area contributed by atoms with Crippen molar-refractivity contribution in [2.24, 2.45) is 0 Å². The molecule has 7 rings (SSSR count). The van der Waals surface area contributed by atoms with Crippen molar-refractivity contribution < 1.29 is 37.5 Å². The van der Waals surface area contributed by atoms with Crippen molar-refractivity contribution >= 4 is 29.4 Å². The van der Waals surface area contributed by atoms with Gasteiger partial charge in [0.15, 0.2) is 29.5 Å². The quantitative estimate of drug-likeness (QED) is 0.195. The molecule has 1 saturated carbocycles. The molecule has 2 aliphatic heterocycles. The second-order valence-electron chi connectivity index (χ2n) is 12.2. The van der Waals surface area contributed by atoms with Gasteiger partial charge in [-0.3, -0.25) is 9.78 Å². The number of benzene rings is 3. The molecule has 3 aliphatic rings. The zero-order chi connectivity index (χ0) is 32.4. The van der Waals surface area contributed by atoms with E-state index in [9.17, 15) is 18.7 Å². The molecule has 1 unspecified atom stereocenters. The number of carbonyl (C=O) groups is 1. The largest absolute Gasteiger partial charge is 0.586 e. The summed E-state index contributed by atoms with van der Waals surface area (Å²) in [5.41, 5.74) is 3.70. The van der Waals surface area contributed by atoms with Crippen LogP contribution in [-0.4, -0.2) is 52.8 Å². The number of ether oxygens (including phenoxy) is 3. The number of rotatable bonds is 9. The first-order chi connectivity index (χ1) is 21.9. The molecule has 0 spiro atoms. The minimum Gasteiger partial charge on any atom is -0.490 e. The highest BCUT2D eigenvalue weighted by atomic mass is 35.5. The number of nitrogens with zero attached hydrogens (tertiary/aromatic N) is 2. The summed E-state index contributed by atoms with van der Waals surface area (Å²) >= 11 is 6.57. The van der Waals surface area contributed by atoms with Gasteiger partial charge < -0.3 is 24.6 Å². The van der Waals surface area contributed by atoms with E-state index in [2.05, 4.69) is 25.6 Å². The van der Waals surface area contributed by atoms with Gasteiger partial charge in [-0.05, 0) is 61.4 Å². The fourth-order valence-corrected chi connectivity index (χ4v) is 6.15. The van der Waals surface area contributed by atoms with Crippen molar-refractivity contribution in [1.82, 2.24) is 10.3 Å². The van der Waals surface area contributed by atoms with Crippen LogP contribution in [0.3, 0.4) is 0 Å². The SMILES string of the molecule is COc1cc(C(=O)NCC(c2ccccc2)c2cc(C(C)(C)O)cc(-c3ccc4c(c3Cl)OC(F)(F)O4)n2)cc2c1[N+](C1CC1)=C2. The summed E-state index contributed by atoms with van der Waals surface area (Å²) in [7, 11) is 1.60. The van der Waals surface area contributed by atoms with Crippen LogP contribution in [0, 0.1) is 0 Å². The van der Waals surface area contributed by atoms with Crippen molar-refractivity contribution in [1.29, 1.82) is 0 Å². The van der Waals surface area contributed by atoms with Gasteiger partial charge >= 0.3 is 6.29 Å². The number of hydrogen-bond donors (Lipinski definition) is 2. The molecule has 2 N–H and O–H groups in total. The monoisotopic (exact) mass is 646 g/mol. The standard InChI is InChI=1S/C35H30ClF2N3O5/c1-34(2,43)22-15-26(24-11-12-28-32(30(24)36)46-35(37,38)45-28)40-27(16-22)25(19-7-5-4-6-8-19)17-39-33(42)20-13-21-18-41(23-9-10-23)31(21)29(14-20)44-3/h4-8,11-16,18,23,25,43H,9-10,17H2,1-3H3/p+1. The zero-order valence-corrected chi connectivity index (χ0v) is 26.1. The fraction of sp³-hybridized carbons (Fsp3) is 0.286. The molecule has 1 aliphatic carbocycles. The van der Waals surface area contributed by atoms with Crippen molar-refractivity contribution in [2.45, 2.75) is 50.5 Å². The third-order valence-corrected chi connectivity index (χ3v) is 8.80. The molecule has 4 aromatic rings. The number of aliphatic hydroxyl groups is 1. The van der Waals surface area contributed by atoms with E-state index in [1.807, 2.05) is 36.4 Å². The van der Waals surface area contributed by atoms with Gasteiger partial charge in [-0.2, -0.15) is 4.58 Å². The number of halogens is 3. The van der Waals surface area contributed by atoms with Crippen LogP contribution in [0.25, 0.3) is 11.3 Å². The molecule has 0 saturated heterocycles. The van der Waals surface area contributed by atoms with Gasteiger partial charge in [-0.1, -0.05) is 41.9 Å². The molecule has 3 heterocycles. The Balaban J connectivity index is 1.24. The molecule has 1 amide bonds. The van der Waals surface area contributed by atoms with E-state index in [-0.39, 0.29) is 29.0 Å². The Morgan fingerprint density at radius 1 is 1.15 bits per heavy atom. The van der Waals surface area contributed by atoms with E-state index in [4.69, 9.17) is 21.3 Å². The minimum atomic E-state index is -3.84. The minimum absolute atomic E-state index is 0.0997. The van der Waals surface area contributed by atoms with Crippen LogP contribution in [0.4, 0.5) is 14.5 Å². The van der Waals surface area contributed by atoms with Gasteiger partial charge in [0.2, 0.25) is 0 Å². The summed E-state index contributed by atoms with van der Waals surface area (Å²) in [5.74, 6) is -0.556. The van der Waals surface area contributed by atoms with Gasteiger partial charge in [-0.25, -0.2) is 0 Å². The second-order valence-corrected chi connectivity index (χ2v) is 12.6. The normalized spacial score (nSPS) is 16.6. The maximum atomic E-state index is 13.8. The lowest BCUT2D eigenvalue weighted by Gasteiger charge is -2.24. The Kier molecular flexibility index (Phi) is 7.25. The van der Waals surface area contributed by atoms with E-state index in [0.29, 0.717) is 39.9 Å². The van der Waals surface area contributed by atoms with Crippen LogP contribution in [-0.2, 0) is 5.60 Å². The maximum Gasteiger partial charge on any atom is 0.586 e. The molecule has 1 aromatic heterocycles. The summed E-state index contributed by atoms with van der Waals surface area (Å²) in [6, 6.07) is 19.9. The summed E-state index contributed by atoms with van der Waals surface area (Å²) < 4.78 is 44.8. The van der Waals surface area contributed by atoms with Crippen molar-refractivity contribution in [2.75, 3.05) is 13.7 Å². The number of nitrogens with one attached hydrogen (secondary N) is 1. The van der Waals surface area contributed by atoms with Gasteiger partial charge in [0, 0.05) is 36.4 Å². The Morgan fingerprint density at radius 2 is 1.91 bits per heavy atom. The zero-order valence-electron chi connectivity index (χ0n) is 25.3. The molecule has 46 heavy (non-hydrogen) atoms. The Morgan fingerprint density at radius 3 is 2.61 bits per heavy atom. The molecule has 236 valence electrons. The number of aromatic nitrogens is 1. The van der Waals surface area contributed by atoms with Gasteiger partial charge in [0.1, 0.15) is 5.56 Å². The number of amides is 1. The van der Waals surface area contributed by atoms with Gasteiger partial charge in [0.05, 0.1) is 29.1 Å². The van der Waals surface area contributed by atoms with Crippen molar-refractivity contribution in [3.8, 4) is 28.5 Å². The van der Waals surface area contributed by atoms with E-state index in [1.54, 1.807) is 39.2 Å².